The molecule has 0 saturated heterocycles. The number of anilines is 2. The highest BCUT2D eigenvalue weighted by atomic mass is 19.4. The van der Waals surface area contributed by atoms with Crippen LogP contribution in [0.5, 0.6) is 0 Å². The molecule has 1 atom stereocenters. The maximum Gasteiger partial charge on any atom is 0.418 e. The average Bonchev–Trinajstić information content (AvgIpc) is 2.36. The molecule has 1 amide bonds. The molecule has 0 saturated carbocycles. The molecule has 0 fully saturated rings. The van der Waals surface area contributed by atoms with Crippen LogP contribution >= 0.6 is 0 Å². The first kappa shape index (κ1) is 17.1. The molecule has 4 N–H and O–H groups in total. The van der Waals surface area contributed by atoms with Gasteiger partial charge in [-0.2, -0.15) is 13.2 Å². The molecule has 0 spiro atoms. The zero-order valence-electron chi connectivity index (χ0n) is 12.2. The highest BCUT2D eigenvalue weighted by Crippen LogP contribution is 2.35. The van der Waals surface area contributed by atoms with Gasteiger partial charge in [-0.05, 0) is 31.0 Å². The first-order valence-corrected chi connectivity index (χ1v) is 6.62. The fourth-order valence-electron chi connectivity index (χ4n) is 1.66. The van der Waals surface area contributed by atoms with E-state index in [4.69, 9.17) is 5.73 Å². The van der Waals surface area contributed by atoms with Gasteiger partial charge < -0.3 is 16.4 Å². The van der Waals surface area contributed by atoms with E-state index in [9.17, 15) is 18.0 Å². The second-order valence-electron chi connectivity index (χ2n) is 5.30. The van der Waals surface area contributed by atoms with Crippen LogP contribution in [0.4, 0.5) is 24.5 Å². The van der Waals surface area contributed by atoms with Crippen LogP contribution in [0.3, 0.4) is 0 Å². The third kappa shape index (κ3) is 5.17. The van der Waals surface area contributed by atoms with Crippen molar-refractivity contribution < 1.29 is 18.0 Å². The molecule has 4 nitrogen and oxygen atoms in total. The second kappa shape index (κ2) is 6.69. The summed E-state index contributed by atoms with van der Waals surface area (Å²) in [6.07, 6.45) is -4.52. The van der Waals surface area contributed by atoms with Crippen molar-refractivity contribution in [2.24, 2.45) is 5.92 Å². The van der Waals surface area contributed by atoms with Gasteiger partial charge >= 0.3 is 6.18 Å². The maximum atomic E-state index is 12.7. The summed E-state index contributed by atoms with van der Waals surface area (Å²) < 4.78 is 38.2. The van der Waals surface area contributed by atoms with Gasteiger partial charge in [0.05, 0.1) is 5.56 Å². The molecule has 1 unspecified atom stereocenters. The first-order valence-electron chi connectivity index (χ1n) is 6.62. The average molecular weight is 303 g/mol. The molecule has 0 aliphatic carbocycles. The van der Waals surface area contributed by atoms with Crippen LogP contribution in [0.25, 0.3) is 0 Å². The Labute approximate surface area is 121 Å². The van der Waals surface area contributed by atoms with Crippen LogP contribution in [0.15, 0.2) is 18.2 Å². The van der Waals surface area contributed by atoms with E-state index < -0.39 is 17.8 Å². The first-order chi connectivity index (χ1) is 9.61. The highest BCUT2D eigenvalue weighted by Gasteiger charge is 2.33. The predicted octanol–water partition coefficient (Wildman–Crippen LogP) is 2.86. The van der Waals surface area contributed by atoms with E-state index in [2.05, 4.69) is 10.6 Å². The molecule has 1 aromatic rings. The Hall–Kier alpha value is -1.92. The van der Waals surface area contributed by atoms with E-state index >= 15 is 0 Å². The number of nitrogens with one attached hydrogen (secondary N) is 2. The van der Waals surface area contributed by atoms with Gasteiger partial charge in [-0.3, -0.25) is 4.79 Å². The van der Waals surface area contributed by atoms with Gasteiger partial charge in [0.25, 0.3) is 0 Å². The lowest BCUT2D eigenvalue weighted by atomic mass is 10.1. The number of benzene rings is 1. The van der Waals surface area contributed by atoms with Crippen molar-refractivity contribution in [1.82, 2.24) is 5.32 Å². The second-order valence-corrected chi connectivity index (χ2v) is 5.30. The Balaban J connectivity index is 2.77. The molecule has 0 radical (unpaired) electrons. The number of halogens is 3. The van der Waals surface area contributed by atoms with Gasteiger partial charge in [-0.15, -0.1) is 0 Å². The number of rotatable bonds is 5. The zero-order valence-corrected chi connectivity index (χ0v) is 12.2. The SMILES string of the molecule is CC(C)CNC(=O)C(C)Nc1ccc(N)c(C(F)(F)F)c1. The Morgan fingerprint density at radius 3 is 2.43 bits per heavy atom. The molecular formula is C14H20F3N3O. The van der Waals surface area contributed by atoms with Crippen LogP contribution in [0.1, 0.15) is 26.3 Å². The number of nitrogen functional groups attached to an aromatic ring is 1. The number of amides is 1. The lowest BCUT2D eigenvalue weighted by Gasteiger charge is -2.18. The van der Waals surface area contributed by atoms with Crippen LogP contribution in [0, 0.1) is 5.92 Å². The van der Waals surface area contributed by atoms with Crippen molar-refractivity contribution in [2.75, 3.05) is 17.6 Å². The highest BCUT2D eigenvalue weighted by molar-refractivity contribution is 5.84. The van der Waals surface area contributed by atoms with Crippen molar-refractivity contribution >= 4 is 17.3 Å². The maximum absolute atomic E-state index is 12.7. The van der Waals surface area contributed by atoms with E-state index in [1.54, 1.807) is 6.92 Å². The summed E-state index contributed by atoms with van der Waals surface area (Å²) in [4.78, 5) is 11.8. The Morgan fingerprint density at radius 1 is 1.29 bits per heavy atom. The van der Waals surface area contributed by atoms with E-state index in [0.29, 0.717) is 12.5 Å². The lowest BCUT2D eigenvalue weighted by molar-refractivity contribution is -0.136. The van der Waals surface area contributed by atoms with Crippen LogP contribution in [-0.2, 0) is 11.0 Å². The number of carbonyl (C=O) groups excluding carboxylic acids is 1. The third-order valence-electron chi connectivity index (χ3n) is 2.82. The minimum absolute atomic E-state index is 0.198. The predicted molar refractivity (Wildman–Crippen MR) is 76.8 cm³/mol. The third-order valence-corrected chi connectivity index (χ3v) is 2.82. The Bertz CT molecular complexity index is 501. The molecule has 0 aliphatic heterocycles. The van der Waals surface area contributed by atoms with Crippen LogP contribution < -0.4 is 16.4 Å². The molecule has 0 bridgehead atoms. The molecule has 0 aliphatic rings. The summed E-state index contributed by atoms with van der Waals surface area (Å²) in [7, 11) is 0. The van der Waals surface area contributed by atoms with Crippen LogP contribution in [0.2, 0.25) is 0 Å². The summed E-state index contributed by atoms with van der Waals surface area (Å²) in [5.74, 6) is 0.0311. The van der Waals surface area contributed by atoms with E-state index in [-0.39, 0.29) is 17.3 Å². The topological polar surface area (TPSA) is 67.2 Å². The summed E-state index contributed by atoms with van der Waals surface area (Å²) in [5.41, 5.74) is 4.26. The zero-order chi connectivity index (χ0) is 16.2. The standard InChI is InChI=1S/C14H20F3N3O/c1-8(2)7-19-13(21)9(3)20-10-4-5-12(18)11(6-10)14(15,16)17/h4-6,8-9,20H,7,18H2,1-3H3,(H,19,21). The van der Waals surface area contributed by atoms with Crippen molar-refractivity contribution in [3.05, 3.63) is 23.8 Å². The van der Waals surface area contributed by atoms with Gasteiger partial charge in [-0.25, -0.2) is 0 Å². The van der Waals surface area contributed by atoms with E-state index in [0.717, 1.165) is 6.07 Å². The largest absolute Gasteiger partial charge is 0.418 e. The van der Waals surface area contributed by atoms with Crippen molar-refractivity contribution in [3.63, 3.8) is 0 Å². The molecule has 21 heavy (non-hydrogen) atoms. The number of hydrogen-bond acceptors (Lipinski definition) is 3. The molecule has 0 aromatic heterocycles. The molecular weight excluding hydrogens is 283 g/mol. The summed E-state index contributed by atoms with van der Waals surface area (Å²) in [6.45, 7) is 6.00. The minimum Gasteiger partial charge on any atom is -0.398 e. The summed E-state index contributed by atoms with van der Waals surface area (Å²) in [5, 5.41) is 5.45. The van der Waals surface area contributed by atoms with E-state index in [1.165, 1.54) is 12.1 Å². The fraction of sp³-hybridized carbons (Fsp3) is 0.500. The molecule has 0 heterocycles. The van der Waals surface area contributed by atoms with Gasteiger partial charge in [0.2, 0.25) is 5.91 Å². The number of carbonyl (C=O) groups is 1. The molecule has 118 valence electrons. The van der Waals surface area contributed by atoms with Gasteiger partial charge in [-0.1, -0.05) is 13.8 Å². The lowest BCUT2D eigenvalue weighted by Crippen LogP contribution is -2.39. The number of alkyl halides is 3. The van der Waals surface area contributed by atoms with Crippen molar-refractivity contribution in [3.8, 4) is 0 Å². The number of nitrogens with two attached hydrogens (primary N) is 1. The van der Waals surface area contributed by atoms with Crippen LogP contribution in [-0.4, -0.2) is 18.5 Å². The fourth-order valence-corrected chi connectivity index (χ4v) is 1.66. The van der Waals surface area contributed by atoms with Crippen molar-refractivity contribution in [2.45, 2.75) is 33.0 Å². The Kier molecular flexibility index (Phi) is 5.46. The van der Waals surface area contributed by atoms with Gasteiger partial charge in [0.1, 0.15) is 6.04 Å². The van der Waals surface area contributed by atoms with Gasteiger partial charge in [0, 0.05) is 17.9 Å². The normalized spacial score (nSPS) is 13.1. The van der Waals surface area contributed by atoms with Crippen molar-refractivity contribution in [1.29, 1.82) is 0 Å². The molecule has 1 rings (SSSR count). The summed E-state index contributed by atoms with van der Waals surface area (Å²) in [6, 6.07) is 2.84. The minimum atomic E-state index is -4.52. The molecule has 7 heteroatoms. The molecule has 1 aromatic carbocycles. The van der Waals surface area contributed by atoms with Gasteiger partial charge in [0.15, 0.2) is 0 Å². The summed E-state index contributed by atoms with van der Waals surface area (Å²) >= 11 is 0. The number of hydrogen-bond donors (Lipinski definition) is 3. The smallest absolute Gasteiger partial charge is 0.398 e. The monoisotopic (exact) mass is 303 g/mol. The van der Waals surface area contributed by atoms with E-state index in [1.807, 2.05) is 13.8 Å². The quantitative estimate of drug-likeness (QED) is 0.733. The Morgan fingerprint density at radius 2 is 1.90 bits per heavy atom.